The van der Waals surface area contributed by atoms with Crippen LogP contribution in [-0.2, 0) is 62.3 Å². The summed E-state index contributed by atoms with van der Waals surface area (Å²) in [5, 5.41) is 21.0. The van der Waals surface area contributed by atoms with Crippen LogP contribution >= 0.6 is 0 Å². The first-order valence-electron chi connectivity index (χ1n) is 35.1. The largest absolute Gasteiger partial charge is 0.390 e. The van der Waals surface area contributed by atoms with Gasteiger partial charge in [-0.05, 0) is 95.4 Å². The van der Waals surface area contributed by atoms with E-state index in [0.29, 0.717) is 39.0 Å². The van der Waals surface area contributed by atoms with Gasteiger partial charge in [0.05, 0.1) is 30.8 Å². The Bertz CT molecular complexity index is 2610. The van der Waals surface area contributed by atoms with Gasteiger partial charge in [0, 0.05) is 111 Å². The number of likely N-dealkylation sites (N-methyl/N-ethyl adjacent to an activating group) is 7. The summed E-state index contributed by atoms with van der Waals surface area (Å²) in [4.78, 5) is 179. The maximum atomic E-state index is 15.2. The third kappa shape index (κ3) is 26.0. The Kier molecular flexibility index (Phi) is 38.6. The number of Topliss-reactive ketones (excluding diaryl/α,β-unsaturated/α-hetero) is 4. The van der Waals surface area contributed by atoms with Crippen LogP contribution < -0.4 is 16.0 Å². The van der Waals surface area contributed by atoms with Gasteiger partial charge in [-0.1, -0.05) is 116 Å². The topological polar surface area (TPSA) is 293 Å². The number of carbonyl (C=O) groups excluding carboxylic acids is 12. The van der Waals surface area contributed by atoms with E-state index in [1.54, 1.807) is 73.5 Å². The lowest BCUT2D eigenvalue weighted by Gasteiger charge is -2.41. The molecule has 1 aliphatic heterocycles. The average molecular weight is 1360 g/mol. The molecule has 0 radical (unpaired) electrons. The van der Waals surface area contributed by atoms with Crippen molar-refractivity contribution in [2.75, 3.05) is 88.7 Å². The van der Waals surface area contributed by atoms with E-state index in [0.717, 1.165) is 4.90 Å². The molecule has 0 aliphatic carbocycles. The van der Waals surface area contributed by atoms with Gasteiger partial charge in [0.15, 0.2) is 17.3 Å². The molecule has 1 saturated heterocycles. The Morgan fingerprint density at radius 1 is 0.552 bits per heavy atom. The van der Waals surface area contributed by atoms with Crippen molar-refractivity contribution in [3.05, 3.63) is 12.2 Å². The molecule has 1 heterocycles. The predicted molar refractivity (Wildman–Crippen MR) is 374 cm³/mol. The number of ether oxygens (including phenoxy) is 1. The molecule has 0 spiro atoms. The second-order valence-electron chi connectivity index (χ2n) is 29.3. The van der Waals surface area contributed by atoms with E-state index >= 15 is 14.4 Å². The highest BCUT2D eigenvalue weighted by molar-refractivity contribution is 5.99. The first-order valence-corrected chi connectivity index (χ1v) is 35.1. The van der Waals surface area contributed by atoms with Crippen molar-refractivity contribution < 1.29 is 67.4 Å². The van der Waals surface area contributed by atoms with E-state index in [1.807, 2.05) is 75.3 Å². The van der Waals surface area contributed by atoms with Gasteiger partial charge >= 0.3 is 0 Å². The van der Waals surface area contributed by atoms with Gasteiger partial charge < -0.3 is 60.1 Å². The number of ketones is 4. The van der Waals surface area contributed by atoms with Crippen molar-refractivity contribution in [1.29, 1.82) is 0 Å². The third-order valence-electron chi connectivity index (χ3n) is 19.2. The summed E-state index contributed by atoms with van der Waals surface area (Å²) in [6.45, 7) is 34.5. The molecule has 1 rings (SSSR count). The minimum Gasteiger partial charge on any atom is -0.390 e. The number of piperazine rings is 1. The van der Waals surface area contributed by atoms with E-state index in [2.05, 4.69) is 16.0 Å². The zero-order chi connectivity index (χ0) is 74.1. The first kappa shape index (κ1) is 88.0. The van der Waals surface area contributed by atoms with E-state index in [1.165, 1.54) is 66.7 Å². The average Bonchev–Trinajstić information content (AvgIpc) is 0.812. The number of hydrogen-bond donors (Lipinski definition) is 4. The van der Waals surface area contributed by atoms with Crippen LogP contribution in [0.25, 0.3) is 0 Å². The summed E-state index contributed by atoms with van der Waals surface area (Å²) in [7, 11) is 10.5. The predicted octanol–water partition coefficient (Wildman–Crippen LogP) is 5.30. The van der Waals surface area contributed by atoms with Crippen molar-refractivity contribution >= 4 is 70.4 Å². The summed E-state index contributed by atoms with van der Waals surface area (Å²) in [5.41, 5.74) is 0. The molecule has 1 fully saturated rings. The Hall–Kier alpha value is -5.98. The fourth-order valence-corrected chi connectivity index (χ4v) is 12.6. The lowest BCUT2D eigenvalue weighted by molar-refractivity contribution is -0.157. The smallest absolute Gasteiger partial charge is 0.248 e. The second-order valence-corrected chi connectivity index (χ2v) is 29.3. The monoisotopic (exact) mass is 1360 g/mol. The molecule has 8 amide bonds. The fraction of sp³-hybridized carbons (Fsp3) is 0.806. The number of amides is 8. The molecule has 1 aliphatic rings. The lowest BCUT2D eigenvalue weighted by Crippen LogP contribution is -2.63. The summed E-state index contributed by atoms with van der Waals surface area (Å²) in [5.74, 6) is -10.00. The number of nitrogens with one attached hydrogen (secondary N) is 3. The van der Waals surface area contributed by atoms with Crippen LogP contribution in [0.15, 0.2) is 12.2 Å². The zero-order valence-corrected chi connectivity index (χ0v) is 63.4. The summed E-state index contributed by atoms with van der Waals surface area (Å²) in [6, 6.07) is -8.51. The third-order valence-corrected chi connectivity index (χ3v) is 19.2. The minimum absolute atomic E-state index is 0.0324. The number of aliphatic hydroxyl groups excluding tert-OH is 1. The quantitative estimate of drug-likeness (QED) is 0.0563. The van der Waals surface area contributed by atoms with Crippen LogP contribution in [0.3, 0.4) is 0 Å². The number of rotatable bonds is 43. The van der Waals surface area contributed by atoms with E-state index in [-0.39, 0.29) is 116 Å². The van der Waals surface area contributed by atoms with Gasteiger partial charge in [-0.3, -0.25) is 57.5 Å². The molecular formula is C72H128N10O14. The standard InChI is InChI=1S/C72H128N10O14/c1-26-28-29-47(13)65(88)64(66(89)75-54(27-2)69(92)76(20)51(17)52(18)83)81(25)72(95)63(46(11)12)80(24)71(94)57(36-44(7)8)79(23)70(93)56(35-43(5)6)78(22)67(90)49(15)38-58(84)48(14)37-59(85)55(34-42(3)4)77(21)68(91)53(45(9)10)39-60(86)62(73-19)50(16)40-96-41-61(87)82-32-30-74-31-33-82/h26,28,42-51,53-57,62-65,73-74,88H,27,29-41H2,1-25H3,(H,75,89)/b28-26+/t47-,48-,49+,50-,51-,53+,54+,55+,56+,57+,62+,63+,64+,65-/m1/s1. The molecule has 4 N–H and O–H groups in total. The number of hydrogen-bond acceptors (Lipinski definition) is 16. The van der Waals surface area contributed by atoms with Crippen LogP contribution in [-0.4, -0.2) is 253 Å². The molecule has 0 aromatic heterocycles. The van der Waals surface area contributed by atoms with Crippen molar-refractivity contribution in [2.45, 2.75) is 230 Å². The van der Waals surface area contributed by atoms with E-state index in [9.17, 15) is 48.3 Å². The number of allylic oxidation sites excluding steroid dienone is 2. The molecule has 24 heteroatoms. The van der Waals surface area contributed by atoms with Gasteiger partial charge in [0.25, 0.3) is 0 Å². The Morgan fingerprint density at radius 2 is 1.03 bits per heavy atom. The molecule has 14 atom stereocenters. The first-order chi connectivity index (χ1) is 44.6. The van der Waals surface area contributed by atoms with Crippen LogP contribution in [0.5, 0.6) is 0 Å². The van der Waals surface area contributed by atoms with Crippen LogP contribution in [0, 0.1) is 59.2 Å². The van der Waals surface area contributed by atoms with Crippen molar-refractivity contribution in [2.24, 2.45) is 59.2 Å². The maximum absolute atomic E-state index is 15.2. The highest BCUT2D eigenvalue weighted by Crippen LogP contribution is 2.29. The van der Waals surface area contributed by atoms with Gasteiger partial charge in [-0.15, -0.1) is 0 Å². The SMILES string of the molecule is C/C=C/C[C@@H](C)[C@@H](O)[C@@H](C(=O)N[C@@H](CC)C(=O)N(C)[C@H](C)C(C)=O)N(C)C(=O)[C@H](C(C)C)N(C)C(=O)[C@H](CC(C)C)N(C)C(=O)[C@H](CC(C)C)N(C)C(=O)[C@@H](C)CC(=O)[C@H](C)CC(=O)[C@H](CC(C)C)N(C)C(=O)[C@@H](CC(=O)[C@@H](NC)[C@H](C)COCC(=O)N1CCNCC1)C(C)C. The molecule has 0 aromatic rings. The Morgan fingerprint density at radius 3 is 1.50 bits per heavy atom. The van der Waals surface area contributed by atoms with Crippen molar-refractivity contribution in [1.82, 2.24) is 50.2 Å². The van der Waals surface area contributed by atoms with Gasteiger partial charge in [0.1, 0.15) is 42.6 Å². The van der Waals surface area contributed by atoms with E-state index < -0.39 is 119 Å². The summed E-state index contributed by atoms with van der Waals surface area (Å²) in [6.07, 6.45) is 2.69. The molecule has 550 valence electrons. The highest BCUT2D eigenvalue weighted by atomic mass is 16.5. The van der Waals surface area contributed by atoms with Gasteiger partial charge in [-0.2, -0.15) is 0 Å². The Balaban J connectivity index is 3.51. The van der Waals surface area contributed by atoms with Crippen LogP contribution in [0.4, 0.5) is 0 Å². The van der Waals surface area contributed by atoms with Gasteiger partial charge in [-0.25, -0.2) is 0 Å². The highest BCUT2D eigenvalue weighted by Gasteiger charge is 2.46. The lowest BCUT2D eigenvalue weighted by atomic mass is 9.84. The molecule has 24 nitrogen and oxygen atoms in total. The molecular weight excluding hydrogens is 1230 g/mol. The maximum Gasteiger partial charge on any atom is 0.248 e. The zero-order valence-electron chi connectivity index (χ0n) is 63.4. The Labute approximate surface area is 576 Å². The van der Waals surface area contributed by atoms with E-state index in [4.69, 9.17) is 4.74 Å². The number of carbonyl (C=O) groups is 12. The minimum atomic E-state index is -1.54. The fourth-order valence-electron chi connectivity index (χ4n) is 12.6. The molecule has 96 heavy (non-hydrogen) atoms. The molecule has 0 aromatic carbocycles. The van der Waals surface area contributed by atoms with Crippen LogP contribution in [0.1, 0.15) is 176 Å². The summed E-state index contributed by atoms with van der Waals surface area (Å²) >= 11 is 0. The number of nitrogens with zero attached hydrogens (tertiary/aromatic N) is 7. The molecule has 0 bridgehead atoms. The van der Waals surface area contributed by atoms with Crippen LogP contribution in [0.2, 0.25) is 0 Å². The second kappa shape index (κ2) is 42.1. The van der Waals surface area contributed by atoms with Crippen molar-refractivity contribution in [3.63, 3.8) is 0 Å². The van der Waals surface area contributed by atoms with Gasteiger partial charge in [0.2, 0.25) is 47.3 Å². The van der Waals surface area contributed by atoms with Crippen molar-refractivity contribution in [3.8, 4) is 0 Å². The normalized spacial score (nSPS) is 17.3. The molecule has 0 unspecified atom stereocenters. The molecule has 0 saturated carbocycles. The summed E-state index contributed by atoms with van der Waals surface area (Å²) < 4.78 is 5.78. The number of aliphatic hydroxyl groups is 1.